The van der Waals surface area contributed by atoms with Crippen LogP contribution in [-0.4, -0.2) is 15.0 Å². The zero-order chi connectivity index (χ0) is 11.8. The molecule has 0 aliphatic carbocycles. The van der Waals surface area contributed by atoms with E-state index in [1.807, 2.05) is 48.5 Å². The van der Waals surface area contributed by atoms with Crippen LogP contribution in [0.2, 0.25) is 0 Å². The van der Waals surface area contributed by atoms with Crippen LogP contribution in [-0.2, 0) is 0 Å². The van der Waals surface area contributed by atoms with Gasteiger partial charge in [0.25, 0.3) is 0 Å². The number of hydrogen-bond donors (Lipinski definition) is 0. The first-order valence-corrected chi connectivity index (χ1v) is 7.23. The fourth-order valence-electron chi connectivity index (χ4n) is 1.32. The predicted molar refractivity (Wildman–Crippen MR) is 74.6 cm³/mol. The first-order chi connectivity index (χ1) is 8.45. The van der Waals surface area contributed by atoms with Crippen LogP contribution in [0, 0.1) is 10.7 Å². The van der Waals surface area contributed by atoms with Crippen LogP contribution in [0.15, 0.2) is 65.6 Å². The van der Waals surface area contributed by atoms with Crippen molar-refractivity contribution in [3.05, 3.63) is 76.8 Å². The molecule has 0 atom stereocenters. The van der Waals surface area contributed by atoms with Crippen LogP contribution >= 0.6 is 0 Å². The number of hydrogen-bond acceptors (Lipinski definition) is 0. The first kappa shape index (κ1) is 11.7. The zero-order valence-electron chi connectivity index (χ0n) is 9.34. The Kier molecular flexibility index (Phi) is 4.67. The van der Waals surface area contributed by atoms with E-state index in [1.54, 1.807) is 0 Å². The van der Waals surface area contributed by atoms with Gasteiger partial charge in [-0.15, -0.1) is 0 Å². The van der Waals surface area contributed by atoms with Gasteiger partial charge in [-0.1, -0.05) is 0 Å². The molecule has 17 heavy (non-hydrogen) atoms. The van der Waals surface area contributed by atoms with Crippen LogP contribution in [0.25, 0.3) is 6.08 Å². The van der Waals surface area contributed by atoms with E-state index >= 15 is 0 Å². The van der Waals surface area contributed by atoms with Crippen LogP contribution < -0.4 is 0 Å². The Morgan fingerprint density at radius 1 is 0.824 bits per heavy atom. The van der Waals surface area contributed by atoms with Gasteiger partial charge in [0.1, 0.15) is 0 Å². The molecule has 2 rings (SSSR count). The van der Waals surface area contributed by atoms with Gasteiger partial charge in [-0.25, -0.2) is 0 Å². The monoisotopic (exact) mass is 284 g/mol. The molecule has 1 heteroatoms. The topological polar surface area (TPSA) is 0 Å². The number of benzene rings is 2. The molecular formula is C16H12Se. The summed E-state index contributed by atoms with van der Waals surface area (Å²) in [5.74, 6) is 3.16. The summed E-state index contributed by atoms with van der Waals surface area (Å²) in [4.78, 5) is 5.35. The molecular weight excluding hydrogens is 271 g/mol. The summed E-state index contributed by atoms with van der Waals surface area (Å²) >= 11 is 0.242. The summed E-state index contributed by atoms with van der Waals surface area (Å²) in [7, 11) is 0. The van der Waals surface area contributed by atoms with E-state index < -0.39 is 0 Å². The SMILES string of the molecule is C(#Cc1ccccc1)[Se]/C=C/c1ccccc1. The Bertz CT molecular complexity index is 530. The normalized spacial score (nSPS) is 9.88. The molecule has 0 nitrogen and oxygen atoms in total. The summed E-state index contributed by atoms with van der Waals surface area (Å²) < 4.78 is 0. The molecule has 0 aliphatic rings. The van der Waals surface area contributed by atoms with Gasteiger partial charge in [0.2, 0.25) is 0 Å². The molecule has 0 spiro atoms. The van der Waals surface area contributed by atoms with E-state index in [2.05, 4.69) is 33.9 Å². The van der Waals surface area contributed by atoms with Crippen LogP contribution in [0.4, 0.5) is 0 Å². The van der Waals surface area contributed by atoms with Crippen molar-refractivity contribution in [3.8, 4) is 10.7 Å². The molecule has 0 unspecified atom stereocenters. The molecule has 0 fully saturated rings. The second-order valence-corrected chi connectivity index (χ2v) is 4.92. The van der Waals surface area contributed by atoms with Crippen LogP contribution in [0.3, 0.4) is 0 Å². The van der Waals surface area contributed by atoms with Crippen LogP contribution in [0.1, 0.15) is 11.1 Å². The van der Waals surface area contributed by atoms with Gasteiger partial charge in [-0.3, -0.25) is 0 Å². The maximum absolute atomic E-state index is 3.20. The van der Waals surface area contributed by atoms with E-state index in [0.717, 1.165) is 5.56 Å². The van der Waals surface area contributed by atoms with Gasteiger partial charge in [-0.05, 0) is 0 Å². The zero-order valence-corrected chi connectivity index (χ0v) is 11.0. The Morgan fingerprint density at radius 3 is 2.18 bits per heavy atom. The van der Waals surface area contributed by atoms with E-state index in [1.165, 1.54) is 5.56 Å². The predicted octanol–water partition coefficient (Wildman–Crippen LogP) is 3.37. The van der Waals surface area contributed by atoms with E-state index in [0.29, 0.717) is 0 Å². The van der Waals surface area contributed by atoms with Gasteiger partial charge in [0.05, 0.1) is 0 Å². The molecule has 0 amide bonds. The second-order valence-electron chi connectivity index (χ2n) is 3.42. The summed E-state index contributed by atoms with van der Waals surface area (Å²) in [6, 6.07) is 20.4. The van der Waals surface area contributed by atoms with Gasteiger partial charge < -0.3 is 0 Å². The van der Waals surface area contributed by atoms with Crippen molar-refractivity contribution in [2.24, 2.45) is 0 Å². The molecule has 0 saturated heterocycles. The van der Waals surface area contributed by atoms with E-state index in [-0.39, 0.29) is 15.0 Å². The average molecular weight is 283 g/mol. The molecule has 2 aromatic carbocycles. The minimum atomic E-state index is 0.242. The summed E-state index contributed by atoms with van der Waals surface area (Å²) in [6.07, 6.45) is 2.12. The van der Waals surface area contributed by atoms with Crippen molar-refractivity contribution < 1.29 is 0 Å². The molecule has 0 N–H and O–H groups in total. The first-order valence-electron chi connectivity index (χ1n) is 5.38. The van der Waals surface area contributed by atoms with Gasteiger partial charge in [0.15, 0.2) is 0 Å². The van der Waals surface area contributed by atoms with Crippen molar-refractivity contribution >= 4 is 21.0 Å². The average Bonchev–Trinajstić information content (AvgIpc) is 2.41. The Hall–Kier alpha value is -1.74. The van der Waals surface area contributed by atoms with Crippen molar-refractivity contribution in [3.63, 3.8) is 0 Å². The summed E-state index contributed by atoms with van der Waals surface area (Å²) in [5, 5.41) is 0. The second kappa shape index (κ2) is 6.76. The molecule has 0 saturated carbocycles. The van der Waals surface area contributed by atoms with Gasteiger partial charge in [-0.2, -0.15) is 0 Å². The molecule has 0 aliphatic heterocycles. The van der Waals surface area contributed by atoms with Crippen molar-refractivity contribution in [2.45, 2.75) is 0 Å². The molecule has 2 aromatic rings. The maximum atomic E-state index is 3.20. The van der Waals surface area contributed by atoms with Gasteiger partial charge in [0, 0.05) is 0 Å². The quantitative estimate of drug-likeness (QED) is 0.585. The van der Waals surface area contributed by atoms with E-state index in [4.69, 9.17) is 0 Å². The van der Waals surface area contributed by atoms with Gasteiger partial charge >= 0.3 is 109 Å². The summed E-state index contributed by atoms with van der Waals surface area (Å²) in [6.45, 7) is 0. The van der Waals surface area contributed by atoms with Crippen molar-refractivity contribution in [1.82, 2.24) is 0 Å². The molecule has 0 radical (unpaired) electrons. The van der Waals surface area contributed by atoms with E-state index in [9.17, 15) is 0 Å². The Morgan fingerprint density at radius 2 is 1.47 bits per heavy atom. The molecule has 0 bridgehead atoms. The molecule has 82 valence electrons. The third-order valence-electron chi connectivity index (χ3n) is 2.16. The minimum absolute atomic E-state index is 0.242. The fraction of sp³-hybridized carbons (Fsp3) is 0. The number of rotatable bonds is 2. The van der Waals surface area contributed by atoms with Crippen molar-refractivity contribution in [1.29, 1.82) is 0 Å². The fourth-order valence-corrected chi connectivity index (χ4v) is 2.31. The Balaban J connectivity index is 1.88. The van der Waals surface area contributed by atoms with Crippen molar-refractivity contribution in [2.75, 3.05) is 0 Å². The van der Waals surface area contributed by atoms with Crippen LogP contribution in [0.5, 0.6) is 0 Å². The third kappa shape index (κ3) is 4.33. The third-order valence-corrected chi connectivity index (χ3v) is 3.19. The standard InChI is InChI=1S/C16H12Se/c1-3-7-15(8-4-1)11-13-17-14-12-16-9-5-2-6-10-16/h1-11,13H/b13-11+. The summed E-state index contributed by atoms with van der Waals surface area (Å²) in [5.41, 5.74) is 2.32. The Labute approximate surface area is 109 Å². The molecule has 0 heterocycles. The molecule has 0 aromatic heterocycles.